The summed E-state index contributed by atoms with van der Waals surface area (Å²) in [6, 6.07) is 11.6. The highest BCUT2D eigenvalue weighted by Gasteiger charge is 2.02. The Hall–Kier alpha value is -1.39. The normalized spacial score (nSPS) is 10.4. The fourth-order valence-corrected chi connectivity index (χ4v) is 2.48. The largest absolute Gasteiger partial charge is 0.493 e. The summed E-state index contributed by atoms with van der Waals surface area (Å²) in [5.74, 6) is 1.14. The molecule has 0 saturated heterocycles. The number of anilines is 1. The molecule has 0 bridgehead atoms. The van der Waals surface area contributed by atoms with Crippen molar-refractivity contribution in [2.75, 3.05) is 18.1 Å². The monoisotopic (exact) mass is 297 g/mol. The SMILES string of the molecule is Nc1cc(F)ccc1SCCOc1cccc(Cl)c1. The van der Waals surface area contributed by atoms with Gasteiger partial charge >= 0.3 is 0 Å². The van der Waals surface area contributed by atoms with Crippen molar-refractivity contribution in [3.05, 3.63) is 53.3 Å². The molecule has 0 radical (unpaired) electrons. The molecule has 2 aromatic rings. The van der Waals surface area contributed by atoms with E-state index >= 15 is 0 Å². The van der Waals surface area contributed by atoms with Crippen molar-refractivity contribution in [2.24, 2.45) is 0 Å². The van der Waals surface area contributed by atoms with Gasteiger partial charge in [-0.25, -0.2) is 4.39 Å². The van der Waals surface area contributed by atoms with Gasteiger partial charge in [0.1, 0.15) is 11.6 Å². The third kappa shape index (κ3) is 4.33. The lowest BCUT2D eigenvalue weighted by atomic mass is 10.3. The van der Waals surface area contributed by atoms with E-state index in [4.69, 9.17) is 22.1 Å². The number of rotatable bonds is 5. The van der Waals surface area contributed by atoms with Crippen LogP contribution in [0.1, 0.15) is 0 Å². The van der Waals surface area contributed by atoms with Gasteiger partial charge in [0.25, 0.3) is 0 Å². The van der Waals surface area contributed by atoms with Crippen LogP contribution >= 0.6 is 23.4 Å². The van der Waals surface area contributed by atoms with Crippen molar-refractivity contribution in [1.29, 1.82) is 0 Å². The Labute approximate surface area is 120 Å². The maximum Gasteiger partial charge on any atom is 0.125 e. The first-order valence-corrected chi connectivity index (χ1v) is 7.08. The summed E-state index contributed by atoms with van der Waals surface area (Å²) in [5, 5.41) is 0.646. The quantitative estimate of drug-likeness (QED) is 0.509. The van der Waals surface area contributed by atoms with Gasteiger partial charge in [0.2, 0.25) is 0 Å². The second-order valence-corrected chi connectivity index (χ2v) is 5.41. The Kier molecular flexibility index (Phi) is 4.93. The zero-order valence-corrected chi connectivity index (χ0v) is 11.7. The lowest BCUT2D eigenvalue weighted by molar-refractivity contribution is 0.344. The molecule has 0 spiro atoms. The summed E-state index contributed by atoms with van der Waals surface area (Å²) < 4.78 is 18.4. The fraction of sp³-hybridized carbons (Fsp3) is 0.143. The molecule has 2 nitrogen and oxygen atoms in total. The van der Waals surface area contributed by atoms with Gasteiger partial charge in [-0.2, -0.15) is 0 Å². The number of hydrogen-bond donors (Lipinski definition) is 1. The van der Waals surface area contributed by atoms with E-state index in [1.165, 1.54) is 23.9 Å². The predicted molar refractivity (Wildman–Crippen MR) is 78.5 cm³/mol. The molecule has 0 aliphatic rings. The first-order chi connectivity index (χ1) is 9.15. The molecule has 2 rings (SSSR count). The van der Waals surface area contributed by atoms with Crippen LogP contribution in [0.5, 0.6) is 5.75 Å². The molecular weight excluding hydrogens is 285 g/mol. The topological polar surface area (TPSA) is 35.2 Å². The van der Waals surface area contributed by atoms with Crippen LogP contribution in [0, 0.1) is 5.82 Å². The third-order valence-electron chi connectivity index (χ3n) is 2.38. The van der Waals surface area contributed by atoms with E-state index in [2.05, 4.69) is 0 Å². The Morgan fingerprint density at radius 1 is 1.21 bits per heavy atom. The highest BCUT2D eigenvalue weighted by Crippen LogP contribution is 2.25. The van der Waals surface area contributed by atoms with Crippen LogP contribution in [0.2, 0.25) is 5.02 Å². The molecule has 100 valence electrons. The van der Waals surface area contributed by atoms with Gasteiger partial charge in [-0.3, -0.25) is 0 Å². The molecule has 0 heterocycles. The van der Waals surface area contributed by atoms with Crippen LogP contribution in [0.15, 0.2) is 47.4 Å². The highest BCUT2D eigenvalue weighted by atomic mass is 35.5. The first-order valence-electron chi connectivity index (χ1n) is 5.71. The van der Waals surface area contributed by atoms with Crippen molar-refractivity contribution in [3.8, 4) is 5.75 Å². The van der Waals surface area contributed by atoms with Gasteiger partial charge in [0, 0.05) is 21.4 Å². The number of hydrogen-bond acceptors (Lipinski definition) is 3. The van der Waals surface area contributed by atoms with Gasteiger partial charge in [-0.1, -0.05) is 17.7 Å². The van der Waals surface area contributed by atoms with E-state index < -0.39 is 0 Å². The smallest absolute Gasteiger partial charge is 0.125 e. The predicted octanol–water partition coefficient (Wildman–Crippen LogP) is 4.23. The van der Waals surface area contributed by atoms with Crippen molar-refractivity contribution in [3.63, 3.8) is 0 Å². The Morgan fingerprint density at radius 3 is 2.79 bits per heavy atom. The average molecular weight is 298 g/mol. The van der Waals surface area contributed by atoms with Gasteiger partial charge in [0.05, 0.1) is 6.61 Å². The Bertz CT molecular complexity index is 565. The lowest BCUT2D eigenvalue weighted by Crippen LogP contribution is -2.00. The highest BCUT2D eigenvalue weighted by molar-refractivity contribution is 7.99. The maximum absolute atomic E-state index is 12.9. The number of nitrogens with two attached hydrogens (primary N) is 1. The van der Waals surface area contributed by atoms with E-state index in [-0.39, 0.29) is 5.82 Å². The second kappa shape index (κ2) is 6.68. The zero-order valence-electron chi connectivity index (χ0n) is 10.1. The summed E-state index contributed by atoms with van der Waals surface area (Å²) in [4.78, 5) is 0.857. The van der Waals surface area contributed by atoms with Gasteiger partial charge in [-0.15, -0.1) is 11.8 Å². The first kappa shape index (κ1) is 14.0. The molecule has 2 N–H and O–H groups in total. The van der Waals surface area contributed by atoms with Crippen molar-refractivity contribution < 1.29 is 9.13 Å². The van der Waals surface area contributed by atoms with E-state index in [1.54, 1.807) is 18.2 Å². The number of ether oxygens (including phenoxy) is 1. The number of nitrogen functional groups attached to an aromatic ring is 1. The minimum absolute atomic E-state index is 0.322. The molecule has 0 aliphatic heterocycles. The van der Waals surface area contributed by atoms with Crippen LogP contribution < -0.4 is 10.5 Å². The van der Waals surface area contributed by atoms with Crippen LogP contribution in [0.25, 0.3) is 0 Å². The number of benzene rings is 2. The summed E-state index contributed by atoms with van der Waals surface area (Å²) >= 11 is 7.38. The number of halogens is 2. The van der Waals surface area contributed by atoms with E-state index in [0.29, 0.717) is 17.3 Å². The van der Waals surface area contributed by atoms with Crippen LogP contribution in [-0.4, -0.2) is 12.4 Å². The molecule has 2 aromatic carbocycles. The van der Waals surface area contributed by atoms with E-state index in [1.807, 2.05) is 12.1 Å². The van der Waals surface area contributed by atoms with Crippen LogP contribution in [0.3, 0.4) is 0 Å². The molecule has 5 heteroatoms. The summed E-state index contributed by atoms with van der Waals surface area (Å²) in [6.07, 6.45) is 0. The van der Waals surface area contributed by atoms with E-state index in [9.17, 15) is 4.39 Å². The third-order valence-corrected chi connectivity index (χ3v) is 3.67. The summed E-state index contributed by atoms with van der Waals surface area (Å²) in [7, 11) is 0. The minimum atomic E-state index is -0.322. The maximum atomic E-state index is 12.9. The molecular formula is C14H13ClFNOS. The van der Waals surface area contributed by atoms with Gasteiger partial charge in [-0.05, 0) is 36.4 Å². The Morgan fingerprint density at radius 2 is 2.05 bits per heavy atom. The molecule has 0 unspecified atom stereocenters. The van der Waals surface area contributed by atoms with E-state index in [0.717, 1.165) is 16.4 Å². The molecule has 0 saturated carbocycles. The van der Waals surface area contributed by atoms with Crippen molar-refractivity contribution in [1.82, 2.24) is 0 Å². The average Bonchev–Trinajstić information content (AvgIpc) is 2.37. The molecule has 0 amide bonds. The molecule has 19 heavy (non-hydrogen) atoms. The summed E-state index contributed by atoms with van der Waals surface area (Å²) in [5.41, 5.74) is 6.17. The van der Waals surface area contributed by atoms with Gasteiger partial charge < -0.3 is 10.5 Å². The lowest BCUT2D eigenvalue weighted by Gasteiger charge is -2.07. The zero-order chi connectivity index (χ0) is 13.7. The van der Waals surface area contributed by atoms with Gasteiger partial charge in [0.15, 0.2) is 0 Å². The standard InChI is InChI=1S/C14H13ClFNOS/c15-10-2-1-3-12(8-10)18-6-7-19-14-5-4-11(16)9-13(14)17/h1-5,8-9H,6-7,17H2. The molecule has 0 atom stereocenters. The summed E-state index contributed by atoms with van der Waals surface area (Å²) in [6.45, 7) is 0.530. The number of thioether (sulfide) groups is 1. The molecule has 0 aliphatic carbocycles. The van der Waals surface area contributed by atoms with Crippen molar-refractivity contribution in [2.45, 2.75) is 4.90 Å². The van der Waals surface area contributed by atoms with Crippen LogP contribution in [-0.2, 0) is 0 Å². The van der Waals surface area contributed by atoms with Crippen LogP contribution in [0.4, 0.5) is 10.1 Å². The molecule has 0 fully saturated rings. The molecule has 0 aromatic heterocycles. The minimum Gasteiger partial charge on any atom is -0.493 e. The fourth-order valence-electron chi connectivity index (χ4n) is 1.52. The Balaban J connectivity index is 1.81. The van der Waals surface area contributed by atoms with Crippen molar-refractivity contribution >= 4 is 29.1 Å². The second-order valence-electron chi connectivity index (χ2n) is 3.84.